The fourth-order valence-electron chi connectivity index (χ4n) is 8.67. The van der Waals surface area contributed by atoms with Crippen molar-refractivity contribution in [1.82, 2.24) is 29.5 Å². The third kappa shape index (κ3) is 5.76. The molecule has 15 heteroatoms. The molecule has 2 aromatic heterocycles. The Bertz CT molecular complexity index is 2050. The van der Waals surface area contributed by atoms with Crippen LogP contribution in [0.2, 0.25) is 0 Å². The number of hydrogen-bond acceptors (Lipinski definition) is 9. The van der Waals surface area contributed by atoms with E-state index in [9.17, 15) is 18.0 Å². The molecular formula is C37H40F4N8O3. The van der Waals surface area contributed by atoms with Crippen molar-refractivity contribution in [3.05, 3.63) is 68.9 Å². The van der Waals surface area contributed by atoms with Crippen LogP contribution in [0, 0.1) is 17.7 Å². The molecule has 2 atom stereocenters. The second-order valence-corrected chi connectivity index (χ2v) is 14.5. The summed E-state index contributed by atoms with van der Waals surface area (Å²) >= 11 is 0. The van der Waals surface area contributed by atoms with Gasteiger partial charge < -0.3 is 25.0 Å². The number of amides is 1. The Kier molecular flexibility index (Phi) is 8.45. The number of nitrogens with two attached hydrogens (primary N) is 1. The summed E-state index contributed by atoms with van der Waals surface area (Å²) < 4.78 is 74.0. The van der Waals surface area contributed by atoms with Crippen molar-refractivity contribution in [1.29, 1.82) is 0 Å². The minimum Gasteiger partial charge on any atom is -0.461 e. The smallest absolute Gasteiger partial charge is 0.418 e. The molecule has 1 amide bonds. The highest BCUT2D eigenvalue weighted by atomic mass is 19.4. The Balaban J connectivity index is 1.20. The van der Waals surface area contributed by atoms with Crippen LogP contribution in [0.4, 0.5) is 29.1 Å². The van der Waals surface area contributed by atoms with E-state index in [4.69, 9.17) is 30.3 Å². The zero-order chi connectivity index (χ0) is 36.5. The average molecular weight is 721 g/mol. The number of benzene rings is 1. The van der Waals surface area contributed by atoms with Gasteiger partial charge in [0.15, 0.2) is 11.5 Å². The molecular weight excluding hydrogens is 680 g/mol. The van der Waals surface area contributed by atoms with Gasteiger partial charge in [-0.2, -0.15) is 28.2 Å². The summed E-state index contributed by atoms with van der Waals surface area (Å²) in [7, 11) is 1.77. The van der Waals surface area contributed by atoms with Gasteiger partial charge in [-0.25, -0.2) is 4.39 Å². The van der Waals surface area contributed by atoms with E-state index in [1.54, 1.807) is 11.9 Å². The molecule has 7 heterocycles. The predicted molar refractivity (Wildman–Crippen MR) is 183 cm³/mol. The van der Waals surface area contributed by atoms with Crippen molar-refractivity contribution in [3.8, 4) is 17.9 Å². The van der Waals surface area contributed by atoms with E-state index in [0.29, 0.717) is 68.4 Å². The van der Waals surface area contributed by atoms with Crippen LogP contribution in [-0.2, 0) is 43.5 Å². The van der Waals surface area contributed by atoms with Crippen molar-refractivity contribution in [2.75, 3.05) is 50.5 Å². The molecule has 52 heavy (non-hydrogen) atoms. The van der Waals surface area contributed by atoms with Crippen LogP contribution in [0.1, 0.15) is 88.4 Å². The van der Waals surface area contributed by atoms with Gasteiger partial charge in [-0.1, -0.05) is 18.1 Å². The van der Waals surface area contributed by atoms with E-state index < -0.39 is 40.5 Å². The Hall–Kier alpha value is -4.68. The average Bonchev–Trinajstić information content (AvgIpc) is 3.69. The number of aryl methyl sites for hydroxylation is 1. The zero-order valence-corrected chi connectivity index (χ0v) is 29.2. The van der Waals surface area contributed by atoms with Crippen LogP contribution < -0.4 is 15.4 Å². The number of carbonyl (C=O) groups is 1. The number of nitrogens with zero attached hydrogens (tertiary/aromatic N) is 7. The van der Waals surface area contributed by atoms with E-state index in [1.165, 1.54) is 6.92 Å². The SMILES string of the molecule is C=C1CN2CCC[C@@]2(COc2nc3c(c(N4CCCn5nc6c(c5C4)CCN(C)C6=O)n2)CO[C@H](c2c(F)c(N)cc(C#CC)c2C(F)(F)F)C3)C1. The maximum absolute atomic E-state index is 15.8. The van der Waals surface area contributed by atoms with Gasteiger partial charge >= 0.3 is 12.2 Å². The molecule has 0 spiro atoms. The molecule has 2 fully saturated rings. The minimum atomic E-state index is -4.93. The highest BCUT2D eigenvalue weighted by Crippen LogP contribution is 2.45. The first-order valence-corrected chi connectivity index (χ1v) is 17.6. The van der Waals surface area contributed by atoms with E-state index in [1.807, 2.05) is 4.68 Å². The van der Waals surface area contributed by atoms with Crippen molar-refractivity contribution < 1.29 is 31.8 Å². The lowest BCUT2D eigenvalue weighted by molar-refractivity contribution is -0.140. The number of alkyl halides is 3. The van der Waals surface area contributed by atoms with E-state index in [2.05, 4.69) is 28.2 Å². The normalized spacial score (nSPS) is 23.1. The maximum atomic E-state index is 15.8. The summed E-state index contributed by atoms with van der Waals surface area (Å²) in [6.07, 6.45) is -2.33. The third-order valence-corrected chi connectivity index (χ3v) is 11.1. The van der Waals surface area contributed by atoms with Gasteiger partial charge in [-0.3, -0.25) is 14.4 Å². The van der Waals surface area contributed by atoms with Crippen molar-refractivity contribution in [2.45, 2.75) is 83.0 Å². The molecule has 5 aliphatic rings. The number of hydrogen-bond donors (Lipinski definition) is 1. The fraction of sp³-hybridized carbons (Fsp3) is 0.514. The molecule has 11 nitrogen and oxygen atoms in total. The lowest BCUT2D eigenvalue weighted by Crippen LogP contribution is -2.43. The van der Waals surface area contributed by atoms with E-state index >= 15 is 4.39 Å². The topological polar surface area (TPSA) is 115 Å². The number of ether oxygens (including phenoxy) is 2. The number of nitrogen functional groups attached to an aromatic ring is 1. The van der Waals surface area contributed by atoms with Gasteiger partial charge in [-0.15, -0.1) is 5.92 Å². The molecule has 0 saturated carbocycles. The van der Waals surface area contributed by atoms with Crippen LogP contribution >= 0.6 is 0 Å². The van der Waals surface area contributed by atoms with Gasteiger partial charge in [0.25, 0.3) is 5.91 Å². The zero-order valence-electron chi connectivity index (χ0n) is 29.2. The van der Waals surface area contributed by atoms with Crippen LogP contribution in [-0.4, -0.2) is 80.8 Å². The molecule has 3 aromatic rings. The summed E-state index contributed by atoms with van der Waals surface area (Å²) in [6, 6.07) is 1.00. The number of aromatic nitrogens is 4. The van der Waals surface area contributed by atoms with Gasteiger partial charge in [0.05, 0.1) is 47.4 Å². The molecule has 1 aromatic carbocycles. The number of halogens is 4. The number of carbonyl (C=O) groups excluding carboxylic acids is 1. The molecule has 2 N–H and O–H groups in total. The first kappa shape index (κ1) is 34.4. The molecule has 274 valence electrons. The minimum absolute atomic E-state index is 0.0892. The van der Waals surface area contributed by atoms with Crippen molar-refractivity contribution >= 4 is 17.4 Å². The molecule has 0 radical (unpaired) electrons. The largest absolute Gasteiger partial charge is 0.461 e. The van der Waals surface area contributed by atoms with Gasteiger partial charge in [0, 0.05) is 61.9 Å². The van der Waals surface area contributed by atoms with Gasteiger partial charge in [-0.05, 0) is 51.6 Å². The Morgan fingerprint density at radius 2 is 1.98 bits per heavy atom. The Labute approximate surface area is 298 Å². The molecule has 0 unspecified atom stereocenters. The maximum Gasteiger partial charge on any atom is 0.418 e. The third-order valence-electron chi connectivity index (χ3n) is 11.1. The first-order chi connectivity index (χ1) is 24.9. The summed E-state index contributed by atoms with van der Waals surface area (Å²) in [6.45, 7) is 9.67. The molecule has 0 aliphatic carbocycles. The molecule has 2 saturated heterocycles. The monoisotopic (exact) mass is 720 g/mol. The summed E-state index contributed by atoms with van der Waals surface area (Å²) in [5.74, 6) is 4.15. The molecule has 5 aliphatic heterocycles. The summed E-state index contributed by atoms with van der Waals surface area (Å²) in [5, 5.41) is 4.69. The van der Waals surface area contributed by atoms with Crippen molar-refractivity contribution in [3.63, 3.8) is 0 Å². The number of anilines is 2. The number of likely N-dealkylation sites (N-methyl/N-ethyl adjacent to an activating group) is 1. The van der Waals surface area contributed by atoms with Gasteiger partial charge in [0.2, 0.25) is 0 Å². The number of rotatable bonds is 5. The van der Waals surface area contributed by atoms with Crippen LogP contribution in [0.25, 0.3) is 0 Å². The lowest BCUT2D eigenvalue weighted by Gasteiger charge is -2.33. The van der Waals surface area contributed by atoms with Crippen LogP contribution in [0.5, 0.6) is 6.01 Å². The van der Waals surface area contributed by atoms with Crippen molar-refractivity contribution in [2.24, 2.45) is 0 Å². The Morgan fingerprint density at radius 3 is 2.77 bits per heavy atom. The molecule has 0 bridgehead atoms. The standard InChI is InChI=1S/C37H40F4N8O3/c1-4-7-22-14-25(42)31(38)29(30(22)37(39,40)41)28-15-26-24(19-51-28)33(44-35(43-26)52-20-36-9-5-11-48(36)17-21(2)16-36)47-10-6-12-49-27(18-47)23-8-13-46(3)34(50)32(23)45-49/h14,28H,2,5-6,8-13,15-20,42H2,1,3H3/t28-,36-/m0/s1. The van der Waals surface area contributed by atoms with E-state index in [-0.39, 0.29) is 30.5 Å². The fourth-order valence-corrected chi connectivity index (χ4v) is 8.67. The quantitative estimate of drug-likeness (QED) is 0.172. The van der Waals surface area contributed by atoms with Crippen LogP contribution in [0.15, 0.2) is 18.2 Å². The summed E-state index contributed by atoms with van der Waals surface area (Å²) in [4.78, 5) is 28.8. The second-order valence-electron chi connectivity index (χ2n) is 14.5. The van der Waals surface area contributed by atoms with Gasteiger partial charge in [0.1, 0.15) is 12.4 Å². The Morgan fingerprint density at radius 1 is 1.15 bits per heavy atom. The number of fused-ring (bicyclic) bond motifs is 5. The van der Waals surface area contributed by atoms with Crippen LogP contribution in [0.3, 0.4) is 0 Å². The highest BCUT2D eigenvalue weighted by molar-refractivity contribution is 5.95. The first-order valence-electron chi connectivity index (χ1n) is 17.6. The summed E-state index contributed by atoms with van der Waals surface area (Å²) in [5.41, 5.74) is 7.35. The predicted octanol–water partition coefficient (Wildman–Crippen LogP) is 4.81. The highest BCUT2D eigenvalue weighted by Gasteiger charge is 2.47. The molecule has 8 rings (SSSR count). The lowest BCUT2D eigenvalue weighted by atomic mass is 9.90. The second kappa shape index (κ2) is 12.8. The van der Waals surface area contributed by atoms with E-state index in [0.717, 1.165) is 55.2 Å².